The van der Waals surface area contributed by atoms with Gasteiger partial charge in [-0.05, 0) is 19.8 Å². The van der Waals surface area contributed by atoms with E-state index in [9.17, 15) is 9.90 Å². The van der Waals surface area contributed by atoms with Gasteiger partial charge in [0.05, 0.1) is 12.6 Å². The van der Waals surface area contributed by atoms with Crippen LogP contribution in [-0.4, -0.2) is 46.8 Å². The normalized spacial score (nSPS) is 16.4. The van der Waals surface area contributed by atoms with Crippen molar-refractivity contribution in [2.45, 2.75) is 25.9 Å². The number of aromatic nitrogens is 1. The highest BCUT2D eigenvalue weighted by Crippen LogP contribution is 2.22. The molecule has 0 radical (unpaired) electrons. The van der Waals surface area contributed by atoms with Crippen LogP contribution in [0.4, 0.5) is 5.88 Å². The van der Waals surface area contributed by atoms with E-state index >= 15 is 0 Å². The lowest BCUT2D eigenvalue weighted by Crippen LogP contribution is -2.40. The minimum atomic E-state index is -0.236. The molecule has 0 spiro atoms. The van der Waals surface area contributed by atoms with Gasteiger partial charge < -0.3 is 9.63 Å². The maximum atomic E-state index is 12.0. The Labute approximate surface area is 135 Å². The highest BCUT2D eigenvalue weighted by molar-refractivity contribution is 5.91. The summed E-state index contributed by atoms with van der Waals surface area (Å²) in [4.78, 5) is 14.1. The SMILES string of the molecule is Cc1ccc(-c2cc(NC(=O)CN3CCC(O)CC3)on2)cc1. The van der Waals surface area contributed by atoms with E-state index in [2.05, 4.69) is 10.5 Å². The number of aryl methyl sites for hydroxylation is 1. The highest BCUT2D eigenvalue weighted by atomic mass is 16.5. The van der Waals surface area contributed by atoms with Crippen molar-refractivity contribution in [1.82, 2.24) is 10.1 Å². The zero-order chi connectivity index (χ0) is 16.2. The Morgan fingerprint density at radius 2 is 2.04 bits per heavy atom. The van der Waals surface area contributed by atoms with Gasteiger partial charge in [-0.15, -0.1) is 0 Å². The number of rotatable bonds is 4. The van der Waals surface area contributed by atoms with E-state index < -0.39 is 0 Å². The predicted molar refractivity (Wildman–Crippen MR) is 87.0 cm³/mol. The first-order valence-corrected chi connectivity index (χ1v) is 7.84. The Hall–Kier alpha value is -2.18. The average Bonchev–Trinajstić information content (AvgIpc) is 2.98. The van der Waals surface area contributed by atoms with Crippen LogP contribution in [-0.2, 0) is 4.79 Å². The number of likely N-dealkylation sites (tertiary alicyclic amines) is 1. The fourth-order valence-corrected chi connectivity index (χ4v) is 2.65. The van der Waals surface area contributed by atoms with Crippen LogP contribution in [0.1, 0.15) is 18.4 Å². The summed E-state index contributed by atoms with van der Waals surface area (Å²) in [7, 11) is 0. The molecule has 1 amide bonds. The predicted octanol–water partition coefficient (Wildman–Crippen LogP) is 2.05. The molecule has 1 fully saturated rings. The molecule has 1 saturated heterocycles. The molecule has 0 aliphatic carbocycles. The van der Waals surface area contributed by atoms with Gasteiger partial charge in [0.1, 0.15) is 5.69 Å². The molecule has 3 rings (SSSR count). The van der Waals surface area contributed by atoms with Gasteiger partial charge in [0.25, 0.3) is 0 Å². The van der Waals surface area contributed by atoms with E-state index in [0.29, 0.717) is 31.0 Å². The Morgan fingerprint density at radius 1 is 1.35 bits per heavy atom. The third kappa shape index (κ3) is 4.18. The van der Waals surface area contributed by atoms with Crippen molar-refractivity contribution in [3.63, 3.8) is 0 Å². The molecule has 1 aromatic carbocycles. The summed E-state index contributed by atoms with van der Waals surface area (Å²) in [6.07, 6.45) is 1.20. The maximum absolute atomic E-state index is 12.0. The standard InChI is InChI=1S/C17H21N3O3/c1-12-2-4-13(5-3-12)15-10-17(23-19-15)18-16(22)11-20-8-6-14(21)7-9-20/h2-5,10,14,21H,6-9,11H2,1H3,(H,18,22). The fourth-order valence-electron chi connectivity index (χ4n) is 2.65. The molecule has 2 heterocycles. The van der Waals surface area contributed by atoms with Gasteiger partial charge in [-0.1, -0.05) is 35.0 Å². The molecule has 0 saturated carbocycles. The van der Waals surface area contributed by atoms with Gasteiger partial charge in [-0.2, -0.15) is 0 Å². The van der Waals surface area contributed by atoms with Crippen LogP contribution in [0.3, 0.4) is 0 Å². The lowest BCUT2D eigenvalue weighted by Gasteiger charge is -2.28. The van der Waals surface area contributed by atoms with E-state index in [1.807, 2.05) is 36.1 Å². The number of aliphatic hydroxyl groups is 1. The molecule has 1 aliphatic rings. The number of piperidine rings is 1. The summed E-state index contributed by atoms with van der Waals surface area (Å²) < 4.78 is 5.19. The van der Waals surface area contributed by atoms with Crippen LogP contribution in [0, 0.1) is 6.92 Å². The summed E-state index contributed by atoms with van der Waals surface area (Å²) >= 11 is 0. The number of carbonyl (C=O) groups excluding carboxylic acids is 1. The molecule has 0 bridgehead atoms. The Bertz CT molecular complexity index is 658. The van der Waals surface area contributed by atoms with Crippen LogP contribution in [0.2, 0.25) is 0 Å². The van der Waals surface area contributed by atoms with E-state index in [4.69, 9.17) is 4.52 Å². The van der Waals surface area contributed by atoms with E-state index in [1.165, 1.54) is 5.56 Å². The number of anilines is 1. The molecular formula is C17H21N3O3. The number of nitrogens with one attached hydrogen (secondary N) is 1. The first kappa shape index (κ1) is 15.7. The summed E-state index contributed by atoms with van der Waals surface area (Å²) in [6, 6.07) is 9.68. The number of aliphatic hydroxyl groups excluding tert-OH is 1. The van der Waals surface area contributed by atoms with E-state index in [0.717, 1.165) is 18.7 Å². The monoisotopic (exact) mass is 315 g/mol. The van der Waals surface area contributed by atoms with Gasteiger partial charge in [0, 0.05) is 24.7 Å². The molecule has 2 aromatic rings. The Balaban J connectivity index is 1.56. The van der Waals surface area contributed by atoms with Crippen LogP contribution in [0.15, 0.2) is 34.9 Å². The van der Waals surface area contributed by atoms with Crippen molar-refractivity contribution < 1.29 is 14.4 Å². The molecule has 1 aliphatic heterocycles. The lowest BCUT2D eigenvalue weighted by molar-refractivity contribution is -0.118. The summed E-state index contributed by atoms with van der Waals surface area (Å²) in [5.41, 5.74) is 2.82. The van der Waals surface area contributed by atoms with Crippen molar-refractivity contribution in [2.24, 2.45) is 0 Å². The van der Waals surface area contributed by atoms with Gasteiger partial charge in [-0.25, -0.2) is 0 Å². The molecule has 2 N–H and O–H groups in total. The minimum Gasteiger partial charge on any atom is -0.393 e. The van der Waals surface area contributed by atoms with Crippen molar-refractivity contribution >= 4 is 11.8 Å². The van der Waals surface area contributed by atoms with Crippen molar-refractivity contribution in [3.05, 3.63) is 35.9 Å². The summed E-state index contributed by atoms with van der Waals surface area (Å²) in [6.45, 7) is 3.80. The number of amides is 1. The fraction of sp³-hybridized carbons (Fsp3) is 0.412. The second-order valence-corrected chi connectivity index (χ2v) is 6.00. The third-order valence-electron chi connectivity index (χ3n) is 4.04. The molecule has 1 aromatic heterocycles. The number of benzene rings is 1. The zero-order valence-corrected chi connectivity index (χ0v) is 13.2. The summed E-state index contributed by atoms with van der Waals surface area (Å²) in [5.74, 6) is 0.218. The molecule has 23 heavy (non-hydrogen) atoms. The van der Waals surface area contributed by atoms with Gasteiger partial charge in [0.2, 0.25) is 11.8 Å². The molecule has 6 heteroatoms. The van der Waals surface area contributed by atoms with Gasteiger partial charge in [0.15, 0.2) is 0 Å². The number of carbonyl (C=O) groups is 1. The first-order chi connectivity index (χ1) is 11.1. The van der Waals surface area contributed by atoms with Crippen LogP contribution in [0.25, 0.3) is 11.3 Å². The van der Waals surface area contributed by atoms with E-state index in [1.54, 1.807) is 6.07 Å². The largest absolute Gasteiger partial charge is 0.393 e. The van der Waals surface area contributed by atoms with Gasteiger partial charge in [-0.3, -0.25) is 15.0 Å². The highest BCUT2D eigenvalue weighted by Gasteiger charge is 2.19. The Kier molecular flexibility index (Phi) is 4.73. The third-order valence-corrected chi connectivity index (χ3v) is 4.04. The van der Waals surface area contributed by atoms with Gasteiger partial charge >= 0.3 is 0 Å². The molecule has 6 nitrogen and oxygen atoms in total. The Morgan fingerprint density at radius 3 is 2.74 bits per heavy atom. The minimum absolute atomic E-state index is 0.131. The van der Waals surface area contributed by atoms with Crippen LogP contribution in [0.5, 0.6) is 0 Å². The quantitative estimate of drug-likeness (QED) is 0.903. The van der Waals surface area contributed by atoms with Crippen molar-refractivity contribution in [1.29, 1.82) is 0 Å². The lowest BCUT2D eigenvalue weighted by atomic mass is 10.1. The molecule has 0 unspecified atom stereocenters. The van der Waals surface area contributed by atoms with Crippen LogP contribution >= 0.6 is 0 Å². The smallest absolute Gasteiger partial charge is 0.240 e. The number of hydrogen-bond acceptors (Lipinski definition) is 5. The average molecular weight is 315 g/mol. The van der Waals surface area contributed by atoms with Crippen molar-refractivity contribution in [2.75, 3.05) is 25.0 Å². The maximum Gasteiger partial charge on any atom is 0.240 e. The van der Waals surface area contributed by atoms with Crippen molar-refractivity contribution in [3.8, 4) is 11.3 Å². The summed E-state index contributed by atoms with van der Waals surface area (Å²) in [5, 5.41) is 16.2. The second kappa shape index (κ2) is 6.93. The second-order valence-electron chi connectivity index (χ2n) is 6.00. The molecule has 0 atom stereocenters. The van der Waals surface area contributed by atoms with Crippen LogP contribution < -0.4 is 5.32 Å². The topological polar surface area (TPSA) is 78.6 Å². The molecule has 122 valence electrons. The zero-order valence-electron chi connectivity index (χ0n) is 13.2. The van der Waals surface area contributed by atoms with E-state index in [-0.39, 0.29) is 12.0 Å². The molecular weight excluding hydrogens is 294 g/mol. The first-order valence-electron chi connectivity index (χ1n) is 7.84. The number of hydrogen-bond donors (Lipinski definition) is 2. The number of nitrogens with zero attached hydrogens (tertiary/aromatic N) is 2.